The molecule has 0 bridgehead atoms. The van der Waals surface area contributed by atoms with Gasteiger partial charge in [0.1, 0.15) is 12.6 Å². The second-order valence-electron chi connectivity index (χ2n) is 8.24. The number of esters is 1. The normalized spacial score (nSPS) is 23.8. The monoisotopic (exact) mass is 391 g/mol. The van der Waals surface area contributed by atoms with Crippen LogP contribution in [-0.2, 0) is 14.3 Å². The highest BCUT2D eigenvalue weighted by Crippen LogP contribution is 2.44. The summed E-state index contributed by atoms with van der Waals surface area (Å²) in [7, 11) is 0. The van der Waals surface area contributed by atoms with Gasteiger partial charge in [0.15, 0.2) is 6.23 Å². The van der Waals surface area contributed by atoms with Crippen molar-refractivity contribution in [3.63, 3.8) is 0 Å². The lowest BCUT2D eigenvalue weighted by Gasteiger charge is -2.27. The molecular formula is C24H25NO4. The summed E-state index contributed by atoms with van der Waals surface area (Å²) in [5.74, 6) is -0.114. The SMILES string of the molecule is CC1OC(=O)[C@H](C2CCCC2)N1C(=O)OCC1c2ccccc2-c2ccccc21. The molecule has 2 aromatic rings. The van der Waals surface area contributed by atoms with E-state index in [4.69, 9.17) is 9.47 Å². The van der Waals surface area contributed by atoms with Crippen LogP contribution in [0.25, 0.3) is 11.1 Å². The van der Waals surface area contributed by atoms with E-state index in [1.165, 1.54) is 27.2 Å². The Labute approximate surface area is 170 Å². The van der Waals surface area contributed by atoms with Crippen LogP contribution < -0.4 is 0 Å². The minimum atomic E-state index is -0.580. The van der Waals surface area contributed by atoms with E-state index in [-0.39, 0.29) is 24.4 Å². The summed E-state index contributed by atoms with van der Waals surface area (Å²) in [5.41, 5.74) is 4.74. The Morgan fingerprint density at radius 3 is 2.24 bits per heavy atom. The molecule has 0 aromatic heterocycles. The van der Waals surface area contributed by atoms with E-state index in [9.17, 15) is 9.59 Å². The number of rotatable bonds is 3. The Balaban J connectivity index is 1.36. The Bertz CT molecular complexity index is 904. The molecule has 1 saturated heterocycles. The van der Waals surface area contributed by atoms with E-state index in [2.05, 4.69) is 24.3 Å². The van der Waals surface area contributed by atoms with Crippen LogP contribution in [0.4, 0.5) is 4.79 Å². The molecule has 1 saturated carbocycles. The summed E-state index contributed by atoms with van der Waals surface area (Å²) in [6.45, 7) is 2.00. The van der Waals surface area contributed by atoms with Crippen LogP contribution in [0.2, 0.25) is 0 Å². The Hall–Kier alpha value is -2.82. The van der Waals surface area contributed by atoms with Gasteiger partial charge in [-0.3, -0.25) is 4.90 Å². The van der Waals surface area contributed by atoms with Crippen molar-refractivity contribution in [2.45, 2.75) is 50.8 Å². The molecule has 1 unspecified atom stereocenters. The molecule has 1 aliphatic heterocycles. The van der Waals surface area contributed by atoms with Crippen LogP contribution in [0.1, 0.15) is 49.7 Å². The lowest BCUT2D eigenvalue weighted by atomic mass is 9.97. The number of ether oxygens (including phenoxy) is 2. The van der Waals surface area contributed by atoms with E-state index in [1.54, 1.807) is 6.92 Å². The number of carbonyl (C=O) groups is 2. The average Bonchev–Trinajstić information content (AvgIpc) is 3.43. The van der Waals surface area contributed by atoms with Crippen molar-refractivity contribution in [1.29, 1.82) is 0 Å². The molecule has 2 aromatic carbocycles. The fraction of sp³-hybridized carbons (Fsp3) is 0.417. The Morgan fingerprint density at radius 2 is 1.62 bits per heavy atom. The van der Waals surface area contributed by atoms with Gasteiger partial charge in [0.2, 0.25) is 0 Å². The fourth-order valence-electron chi connectivity index (χ4n) is 5.26. The summed E-state index contributed by atoms with van der Waals surface area (Å²) in [6.07, 6.45) is 3.08. The second kappa shape index (κ2) is 7.21. The molecule has 5 rings (SSSR count). The first kappa shape index (κ1) is 18.2. The van der Waals surface area contributed by atoms with Gasteiger partial charge in [0.05, 0.1) is 0 Å². The summed E-state index contributed by atoms with van der Waals surface area (Å²) in [5, 5.41) is 0. The second-order valence-corrected chi connectivity index (χ2v) is 8.24. The molecule has 1 heterocycles. The van der Waals surface area contributed by atoms with Gasteiger partial charge in [-0.25, -0.2) is 9.59 Å². The van der Waals surface area contributed by atoms with Crippen molar-refractivity contribution >= 4 is 12.1 Å². The summed E-state index contributed by atoms with van der Waals surface area (Å²) in [4.78, 5) is 26.9. The number of fused-ring (bicyclic) bond motifs is 3. The smallest absolute Gasteiger partial charge is 0.413 e. The number of hydrogen-bond acceptors (Lipinski definition) is 4. The van der Waals surface area contributed by atoms with Crippen molar-refractivity contribution in [1.82, 2.24) is 4.90 Å². The maximum Gasteiger partial charge on any atom is 0.413 e. The van der Waals surface area contributed by atoms with Gasteiger partial charge in [-0.1, -0.05) is 61.4 Å². The summed E-state index contributed by atoms with van der Waals surface area (Å²) in [6, 6.07) is 16.0. The predicted molar refractivity (Wildman–Crippen MR) is 108 cm³/mol. The van der Waals surface area contributed by atoms with Gasteiger partial charge < -0.3 is 9.47 Å². The molecule has 0 radical (unpaired) electrons. The van der Waals surface area contributed by atoms with Crippen molar-refractivity contribution in [3.05, 3.63) is 59.7 Å². The van der Waals surface area contributed by atoms with E-state index in [0.29, 0.717) is 0 Å². The van der Waals surface area contributed by atoms with Crippen LogP contribution in [0.15, 0.2) is 48.5 Å². The number of carbonyl (C=O) groups excluding carboxylic acids is 2. The lowest BCUT2D eigenvalue weighted by Crippen LogP contribution is -2.45. The van der Waals surface area contributed by atoms with E-state index >= 15 is 0 Å². The first-order chi connectivity index (χ1) is 14.1. The summed E-state index contributed by atoms with van der Waals surface area (Å²) >= 11 is 0. The van der Waals surface area contributed by atoms with Gasteiger partial charge in [-0.05, 0) is 47.9 Å². The largest absolute Gasteiger partial charge is 0.448 e. The van der Waals surface area contributed by atoms with Crippen molar-refractivity contribution in [3.8, 4) is 11.1 Å². The van der Waals surface area contributed by atoms with Crippen molar-refractivity contribution in [2.24, 2.45) is 5.92 Å². The Kier molecular flexibility index (Phi) is 4.53. The third-order valence-electron chi connectivity index (χ3n) is 6.61. The van der Waals surface area contributed by atoms with Crippen molar-refractivity contribution < 1.29 is 19.1 Å². The van der Waals surface area contributed by atoms with Gasteiger partial charge in [0.25, 0.3) is 0 Å². The number of hydrogen-bond donors (Lipinski definition) is 0. The number of amides is 1. The maximum atomic E-state index is 13.0. The average molecular weight is 391 g/mol. The molecule has 5 nitrogen and oxygen atoms in total. The molecule has 0 N–H and O–H groups in total. The zero-order valence-electron chi connectivity index (χ0n) is 16.5. The zero-order valence-corrected chi connectivity index (χ0v) is 16.5. The number of benzene rings is 2. The minimum absolute atomic E-state index is 0.00538. The van der Waals surface area contributed by atoms with Crippen LogP contribution in [0.5, 0.6) is 0 Å². The number of cyclic esters (lactones) is 1. The lowest BCUT2D eigenvalue weighted by molar-refractivity contribution is -0.142. The molecule has 2 fully saturated rings. The molecule has 0 spiro atoms. The molecule has 29 heavy (non-hydrogen) atoms. The molecule has 3 aliphatic rings. The molecule has 2 aliphatic carbocycles. The predicted octanol–water partition coefficient (Wildman–Crippen LogP) is 4.70. The van der Waals surface area contributed by atoms with Crippen LogP contribution >= 0.6 is 0 Å². The van der Waals surface area contributed by atoms with Gasteiger partial charge in [-0.15, -0.1) is 0 Å². The standard InChI is InChI=1S/C24H25NO4/c1-15-25(22(23(26)29-15)16-8-2-3-9-16)24(27)28-14-21-19-12-6-4-10-17(19)18-11-5-7-13-20(18)21/h4-7,10-13,15-16,21-22H,2-3,8-9,14H2,1H3/t15?,22-/m0/s1. The Morgan fingerprint density at radius 1 is 1.03 bits per heavy atom. The van der Waals surface area contributed by atoms with Gasteiger partial charge >= 0.3 is 12.1 Å². The maximum absolute atomic E-state index is 13.0. The summed E-state index contributed by atoms with van der Waals surface area (Å²) < 4.78 is 11.2. The molecule has 2 atom stereocenters. The van der Waals surface area contributed by atoms with Gasteiger partial charge in [0, 0.05) is 5.92 Å². The van der Waals surface area contributed by atoms with E-state index < -0.39 is 18.4 Å². The van der Waals surface area contributed by atoms with Crippen molar-refractivity contribution in [2.75, 3.05) is 6.61 Å². The fourth-order valence-corrected chi connectivity index (χ4v) is 5.26. The van der Waals surface area contributed by atoms with Crippen LogP contribution in [0.3, 0.4) is 0 Å². The quantitative estimate of drug-likeness (QED) is 0.712. The first-order valence-corrected chi connectivity index (χ1v) is 10.5. The highest BCUT2D eigenvalue weighted by molar-refractivity contribution is 5.85. The van der Waals surface area contributed by atoms with Crippen LogP contribution in [-0.4, -0.2) is 35.8 Å². The topological polar surface area (TPSA) is 55.8 Å². The molecular weight excluding hydrogens is 366 g/mol. The van der Waals surface area contributed by atoms with E-state index in [1.807, 2.05) is 24.3 Å². The van der Waals surface area contributed by atoms with E-state index in [0.717, 1.165) is 25.7 Å². The number of nitrogens with zero attached hydrogens (tertiary/aromatic N) is 1. The first-order valence-electron chi connectivity index (χ1n) is 10.5. The highest BCUT2D eigenvalue weighted by Gasteiger charge is 2.48. The molecule has 5 heteroatoms. The third kappa shape index (κ3) is 3.00. The third-order valence-corrected chi connectivity index (χ3v) is 6.61. The zero-order chi connectivity index (χ0) is 20.0. The minimum Gasteiger partial charge on any atom is -0.448 e. The van der Waals surface area contributed by atoms with Gasteiger partial charge in [-0.2, -0.15) is 0 Å². The highest BCUT2D eigenvalue weighted by atomic mass is 16.6. The molecule has 1 amide bonds. The van der Waals surface area contributed by atoms with Crippen LogP contribution in [0, 0.1) is 5.92 Å². The molecule has 150 valence electrons.